The van der Waals surface area contributed by atoms with Crippen LogP contribution in [0.25, 0.3) is 0 Å². The number of methoxy groups -OCH3 is 1. The number of hydrogen-bond donors (Lipinski definition) is 2. The number of guanidine groups is 1. The van der Waals surface area contributed by atoms with Gasteiger partial charge in [-0.05, 0) is 12.8 Å². The van der Waals surface area contributed by atoms with Crippen molar-refractivity contribution < 1.29 is 22.6 Å². The van der Waals surface area contributed by atoms with Crippen LogP contribution in [-0.2, 0) is 22.2 Å². The molecule has 0 aromatic carbocycles. The summed E-state index contributed by atoms with van der Waals surface area (Å²) in [4.78, 5) is 7.57. The molecule has 10 heteroatoms. The van der Waals surface area contributed by atoms with Gasteiger partial charge in [-0.25, -0.2) is 4.98 Å². The van der Waals surface area contributed by atoms with E-state index < -0.39 is 11.9 Å². The van der Waals surface area contributed by atoms with Crippen LogP contribution in [0.2, 0.25) is 0 Å². The van der Waals surface area contributed by atoms with Crippen LogP contribution in [0.15, 0.2) is 10.4 Å². The molecule has 138 valence electrons. The number of unbranched alkanes of at least 4 members (excludes halogenated alkanes) is 1. The molecule has 6 nitrogen and oxygen atoms in total. The van der Waals surface area contributed by atoms with E-state index in [0.29, 0.717) is 37.3 Å². The molecule has 1 aromatic rings. The Labute approximate surface area is 143 Å². The minimum atomic E-state index is -4.40. The fraction of sp³-hybridized carbons (Fsp3) is 0.714. The van der Waals surface area contributed by atoms with Crippen molar-refractivity contribution in [2.75, 3.05) is 40.5 Å². The number of ether oxygens (including phenoxy) is 2. The van der Waals surface area contributed by atoms with Crippen LogP contribution >= 0.6 is 11.3 Å². The lowest BCUT2D eigenvalue weighted by molar-refractivity contribution is -0.140. The molecule has 0 aliphatic rings. The number of nitrogens with one attached hydrogen (secondary N) is 2. The van der Waals surface area contributed by atoms with E-state index in [4.69, 9.17) is 9.47 Å². The molecule has 0 amide bonds. The lowest BCUT2D eigenvalue weighted by Gasteiger charge is -2.11. The summed E-state index contributed by atoms with van der Waals surface area (Å²) in [6, 6.07) is 0. The van der Waals surface area contributed by atoms with Crippen molar-refractivity contribution >= 4 is 17.3 Å². The number of aliphatic imine (C=N–C) groups is 1. The first-order chi connectivity index (χ1) is 11.5. The number of nitrogens with zero attached hydrogens (tertiary/aromatic N) is 2. The van der Waals surface area contributed by atoms with Crippen molar-refractivity contribution in [3.05, 3.63) is 16.1 Å². The number of thiazole rings is 1. The minimum absolute atomic E-state index is 0.195. The second-order valence-corrected chi connectivity index (χ2v) is 5.73. The average Bonchev–Trinajstić information content (AvgIpc) is 3.02. The molecular weight excluding hydrogens is 345 g/mol. The van der Waals surface area contributed by atoms with Gasteiger partial charge < -0.3 is 20.1 Å². The maximum Gasteiger partial charge on any atom is 0.434 e. The molecular formula is C14H23F3N4O2S. The zero-order valence-electron chi connectivity index (χ0n) is 13.8. The number of halogens is 3. The first kappa shape index (κ1) is 20.7. The standard InChI is InChI=1S/C14H23F3N4O2S/c1-18-13(19-5-3-4-6-23-8-7-22-2)20-9-12-21-11(10-24-12)14(15,16)17/h10H,3-9H2,1-2H3,(H2,18,19,20). The summed E-state index contributed by atoms with van der Waals surface area (Å²) >= 11 is 0.967. The molecule has 0 aliphatic heterocycles. The Morgan fingerprint density at radius 1 is 1.25 bits per heavy atom. The van der Waals surface area contributed by atoms with E-state index in [-0.39, 0.29) is 6.54 Å². The first-order valence-corrected chi connectivity index (χ1v) is 8.38. The van der Waals surface area contributed by atoms with E-state index in [1.54, 1.807) is 14.2 Å². The molecule has 0 bridgehead atoms. The fourth-order valence-corrected chi connectivity index (χ4v) is 2.42. The summed E-state index contributed by atoms with van der Waals surface area (Å²) in [7, 11) is 3.23. The van der Waals surface area contributed by atoms with Gasteiger partial charge in [0.2, 0.25) is 0 Å². The van der Waals surface area contributed by atoms with Gasteiger partial charge >= 0.3 is 6.18 Å². The Morgan fingerprint density at radius 2 is 2.04 bits per heavy atom. The maximum atomic E-state index is 12.5. The third-order valence-electron chi connectivity index (χ3n) is 2.91. The van der Waals surface area contributed by atoms with Gasteiger partial charge in [-0.1, -0.05) is 0 Å². The van der Waals surface area contributed by atoms with Crippen LogP contribution in [0.5, 0.6) is 0 Å². The summed E-state index contributed by atoms with van der Waals surface area (Å²) in [6.07, 6.45) is -2.61. The largest absolute Gasteiger partial charge is 0.434 e. The van der Waals surface area contributed by atoms with Crippen LogP contribution in [0.1, 0.15) is 23.5 Å². The molecule has 0 fully saturated rings. The van der Waals surface area contributed by atoms with Crippen LogP contribution < -0.4 is 10.6 Å². The first-order valence-electron chi connectivity index (χ1n) is 7.50. The Morgan fingerprint density at radius 3 is 2.67 bits per heavy atom. The molecule has 0 aliphatic carbocycles. The third-order valence-corrected chi connectivity index (χ3v) is 3.76. The molecule has 0 saturated heterocycles. The lowest BCUT2D eigenvalue weighted by atomic mass is 10.3. The predicted molar refractivity (Wildman–Crippen MR) is 87.2 cm³/mol. The zero-order chi connectivity index (χ0) is 17.8. The van der Waals surface area contributed by atoms with Gasteiger partial charge in [-0.2, -0.15) is 13.2 Å². The lowest BCUT2D eigenvalue weighted by Crippen LogP contribution is -2.37. The number of alkyl halides is 3. The molecule has 0 unspecified atom stereocenters. The highest BCUT2D eigenvalue weighted by Crippen LogP contribution is 2.29. The van der Waals surface area contributed by atoms with Crippen molar-refractivity contribution in [3.63, 3.8) is 0 Å². The zero-order valence-corrected chi connectivity index (χ0v) is 14.6. The van der Waals surface area contributed by atoms with Crippen LogP contribution in [0, 0.1) is 0 Å². The Kier molecular flexibility index (Phi) is 9.65. The van der Waals surface area contributed by atoms with Crippen molar-refractivity contribution in [1.82, 2.24) is 15.6 Å². The summed E-state index contributed by atoms with van der Waals surface area (Å²) in [6.45, 7) is 2.72. The molecule has 1 heterocycles. The van der Waals surface area contributed by atoms with E-state index in [0.717, 1.165) is 29.6 Å². The molecule has 24 heavy (non-hydrogen) atoms. The van der Waals surface area contributed by atoms with Gasteiger partial charge in [0.25, 0.3) is 0 Å². The highest BCUT2D eigenvalue weighted by atomic mass is 32.1. The van der Waals surface area contributed by atoms with E-state index in [1.807, 2.05) is 0 Å². The topological polar surface area (TPSA) is 67.8 Å². The summed E-state index contributed by atoms with van der Waals surface area (Å²) in [5.41, 5.74) is -0.860. The number of rotatable bonds is 10. The van der Waals surface area contributed by atoms with Crippen LogP contribution in [0.4, 0.5) is 13.2 Å². The van der Waals surface area contributed by atoms with Gasteiger partial charge in [0.05, 0.1) is 19.8 Å². The number of hydrogen-bond acceptors (Lipinski definition) is 5. The Balaban J connectivity index is 2.18. The third kappa shape index (κ3) is 8.46. The normalized spacial score (nSPS) is 12.5. The summed E-state index contributed by atoms with van der Waals surface area (Å²) in [5, 5.41) is 7.40. The van der Waals surface area contributed by atoms with E-state index >= 15 is 0 Å². The molecule has 0 spiro atoms. The quantitative estimate of drug-likeness (QED) is 0.377. The molecule has 0 saturated carbocycles. The minimum Gasteiger partial charge on any atom is -0.382 e. The fourth-order valence-electron chi connectivity index (χ4n) is 1.68. The van der Waals surface area contributed by atoms with E-state index in [2.05, 4.69) is 20.6 Å². The smallest absolute Gasteiger partial charge is 0.382 e. The molecule has 0 radical (unpaired) electrons. The van der Waals surface area contributed by atoms with E-state index in [9.17, 15) is 13.2 Å². The van der Waals surface area contributed by atoms with Gasteiger partial charge in [-0.15, -0.1) is 11.3 Å². The molecule has 1 aromatic heterocycles. The molecule has 2 N–H and O–H groups in total. The monoisotopic (exact) mass is 368 g/mol. The maximum absolute atomic E-state index is 12.5. The Bertz CT molecular complexity index is 495. The van der Waals surface area contributed by atoms with Crippen molar-refractivity contribution in [2.45, 2.75) is 25.6 Å². The van der Waals surface area contributed by atoms with Gasteiger partial charge in [0.1, 0.15) is 5.01 Å². The second kappa shape index (κ2) is 11.2. The van der Waals surface area contributed by atoms with Crippen LogP contribution in [0.3, 0.4) is 0 Å². The second-order valence-electron chi connectivity index (χ2n) is 4.79. The van der Waals surface area contributed by atoms with Gasteiger partial charge in [-0.3, -0.25) is 4.99 Å². The highest BCUT2D eigenvalue weighted by molar-refractivity contribution is 7.09. The van der Waals surface area contributed by atoms with E-state index in [1.165, 1.54) is 0 Å². The van der Waals surface area contributed by atoms with Crippen molar-refractivity contribution in [1.29, 1.82) is 0 Å². The highest BCUT2D eigenvalue weighted by Gasteiger charge is 2.33. The SMILES string of the molecule is CN=C(NCCCCOCCOC)NCc1nc(C(F)(F)F)cs1. The Hall–Kier alpha value is -1.39. The predicted octanol–water partition coefficient (Wildman–Crippen LogP) is 2.27. The van der Waals surface area contributed by atoms with Gasteiger partial charge in [0, 0.05) is 32.7 Å². The summed E-state index contributed by atoms with van der Waals surface area (Å²) < 4.78 is 47.6. The summed E-state index contributed by atoms with van der Waals surface area (Å²) in [5.74, 6) is 0.527. The molecule has 1 rings (SSSR count). The number of aromatic nitrogens is 1. The molecule has 0 atom stereocenters. The average molecular weight is 368 g/mol. The van der Waals surface area contributed by atoms with Gasteiger partial charge in [0.15, 0.2) is 11.7 Å². The van der Waals surface area contributed by atoms with Crippen molar-refractivity contribution in [2.24, 2.45) is 4.99 Å². The van der Waals surface area contributed by atoms with Crippen molar-refractivity contribution in [3.8, 4) is 0 Å². The van der Waals surface area contributed by atoms with Crippen LogP contribution in [-0.4, -0.2) is 51.5 Å².